The van der Waals surface area contributed by atoms with Crippen molar-refractivity contribution >= 4 is 35.4 Å². The Morgan fingerprint density at radius 3 is 2.10 bits per heavy atom. The van der Waals surface area contributed by atoms with Crippen LogP contribution in [0, 0.1) is 0 Å². The van der Waals surface area contributed by atoms with Crippen LogP contribution >= 0.6 is 0 Å². The Balaban J connectivity index is 1.69. The number of carbonyl (C=O) groups is 5. The van der Waals surface area contributed by atoms with E-state index in [0.29, 0.717) is 56.8 Å². The van der Waals surface area contributed by atoms with Gasteiger partial charge in [-0.2, -0.15) is 0 Å². The zero-order valence-electron chi connectivity index (χ0n) is 31.7. The van der Waals surface area contributed by atoms with Gasteiger partial charge in [-0.15, -0.1) is 0 Å². The van der Waals surface area contributed by atoms with Gasteiger partial charge in [-0.1, -0.05) is 32.9 Å². The lowest BCUT2D eigenvalue weighted by molar-refractivity contribution is -0.123. The van der Waals surface area contributed by atoms with Crippen molar-refractivity contribution in [3.63, 3.8) is 0 Å². The first-order valence-electron chi connectivity index (χ1n) is 18.8. The molecule has 0 bridgehead atoms. The average Bonchev–Trinajstić information content (AvgIpc) is 3.41. The molecule has 2 aliphatic carbocycles. The summed E-state index contributed by atoms with van der Waals surface area (Å²) in [7, 11) is 1.57. The fourth-order valence-corrected chi connectivity index (χ4v) is 6.70. The number of fused-ring (bicyclic) bond motifs is 3. The van der Waals surface area contributed by atoms with E-state index >= 15 is 0 Å². The fraction of sp³-hybridized carbons (Fsp3) is 0.615. The van der Waals surface area contributed by atoms with Gasteiger partial charge in [0.05, 0.1) is 6.61 Å². The second-order valence-corrected chi connectivity index (χ2v) is 13.8. The lowest BCUT2D eigenvalue weighted by Crippen LogP contribution is -2.47. The Morgan fingerprint density at radius 2 is 1.48 bits per heavy atom. The number of rotatable bonds is 22. The first-order chi connectivity index (χ1) is 24.9. The summed E-state index contributed by atoms with van der Waals surface area (Å²) in [5.74, 6) is -0.875. The van der Waals surface area contributed by atoms with Gasteiger partial charge < -0.3 is 41.8 Å². The minimum absolute atomic E-state index is 0.0128. The number of amides is 5. The Bertz CT molecular complexity index is 1440. The van der Waals surface area contributed by atoms with E-state index in [2.05, 4.69) is 26.6 Å². The summed E-state index contributed by atoms with van der Waals surface area (Å²) in [4.78, 5) is 62.9. The number of nitrogens with one attached hydrogen (secondary N) is 5. The lowest BCUT2D eigenvalue weighted by Gasteiger charge is -2.31. The van der Waals surface area contributed by atoms with Crippen molar-refractivity contribution in [1.29, 1.82) is 0 Å². The Kier molecular flexibility index (Phi) is 17.3. The first-order valence-corrected chi connectivity index (χ1v) is 18.8. The highest BCUT2D eigenvalue weighted by Gasteiger charge is 2.38. The van der Waals surface area contributed by atoms with Crippen molar-refractivity contribution in [2.45, 2.75) is 122 Å². The molecule has 0 saturated heterocycles. The Labute approximate surface area is 308 Å². The number of nitrogens with two attached hydrogens (primary N) is 1. The van der Waals surface area contributed by atoms with Crippen molar-refractivity contribution in [2.75, 3.05) is 38.7 Å². The quantitative estimate of drug-likeness (QED) is 0.0921. The molecular formula is C39H60N6O7. The maximum Gasteiger partial charge on any atom is 0.407 e. The average molecular weight is 725 g/mol. The molecule has 0 saturated carbocycles. The monoisotopic (exact) mass is 724 g/mol. The summed E-state index contributed by atoms with van der Waals surface area (Å²) in [5.41, 5.74) is 9.72. The summed E-state index contributed by atoms with van der Waals surface area (Å²) in [6, 6.07) is 5.81. The van der Waals surface area contributed by atoms with Crippen LogP contribution in [-0.2, 0) is 28.7 Å². The first kappa shape index (κ1) is 42.2. The maximum absolute atomic E-state index is 13.1. The van der Waals surface area contributed by atoms with Crippen molar-refractivity contribution in [1.82, 2.24) is 21.3 Å². The molecule has 0 fully saturated rings. The third-order valence-corrected chi connectivity index (χ3v) is 10.0. The standard InChI is InChI=1S/C39H60N6O7/c1-6-39(7-2,8-3)45-38(50)52-25-33-31-23-27(43-36(48)13-9-11-34(46)41-20-19-26(4)40)15-17-29(31)30-18-16-28(24-32(30)33)44-37(49)14-10-12-35(47)42-21-22-51-5/h15-16,18,23-24,26,29,33H,6-14,17,19-22,25,40H2,1-5H3,(H,41,46)(H,42,47)(H,43,48)(H,44,49)(H,45,50). The molecule has 1 aromatic rings. The van der Waals surface area contributed by atoms with Gasteiger partial charge in [0.15, 0.2) is 0 Å². The number of ether oxygens (including phenoxy) is 2. The number of carbonyl (C=O) groups excluding carboxylic acids is 5. The molecule has 13 nitrogen and oxygen atoms in total. The second kappa shape index (κ2) is 21.3. The minimum atomic E-state index is -0.478. The summed E-state index contributed by atoms with van der Waals surface area (Å²) < 4.78 is 10.8. The molecule has 288 valence electrons. The van der Waals surface area contributed by atoms with Crippen LogP contribution in [-0.4, -0.2) is 74.7 Å². The third kappa shape index (κ3) is 13.1. The van der Waals surface area contributed by atoms with Gasteiger partial charge in [0.2, 0.25) is 23.6 Å². The lowest BCUT2D eigenvalue weighted by atomic mass is 9.87. The van der Waals surface area contributed by atoms with Crippen LogP contribution in [0.5, 0.6) is 0 Å². The summed E-state index contributed by atoms with van der Waals surface area (Å²) in [6.07, 6.45) is 8.87. The molecule has 2 aliphatic rings. The highest BCUT2D eigenvalue weighted by Crippen LogP contribution is 2.50. The van der Waals surface area contributed by atoms with Gasteiger partial charge in [-0.25, -0.2) is 4.79 Å². The number of benzene rings is 1. The van der Waals surface area contributed by atoms with Gasteiger partial charge in [-0.05, 0) is 86.8 Å². The van der Waals surface area contributed by atoms with Gasteiger partial charge in [0.25, 0.3) is 0 Å². The van der Waals surface area contributed by atoms with Crippen LogP contribution in [0.3, 0.4) is 0 Å². The van der Waals surface area contributed by atoms with E-state index in [1.165, 1.54) is 0 Å². The zero-order chi connectivity index (χ0) is 38.1. The number of allylic oxidation sites excluding steroid dienone is 2. The van der Waals surface area contributed by atoms with E-state index < -0.39 is 6.09 Å². The number of hydrogen-bond acceptors (Lipinski definition) is 8. The van der Waals surface area contributed by atoms with Gasteiger partial charge in [-0.3, -0.25) is 19.2 Å². The largest absolute Gasteiger partial charge is 0.449 e. The molecule has 0 aliphatic heterocycles. The van der Waals surface area contributed by atoms with Crippen LogP contribution in [0.15, 0.2) is 41.6 Å². The molecule has 0 radical (unpaired) electrons. The normalized spacial score (nSPS) is 16.7. The molecule has 0 spiro atoms. The van der Waals surface area contributed by atoms with E-state index in [1.807, 2.05) is 58.0 Å². The summed E-state index contributed by atoms with van der Waals surface area (Å²) in [6.45, 7) is 9.49. The van der Waals surface area contributed by atoms with Crippen molar-refractivity contribution in [3.8, 4) is 0 Å². The molecule has 0 aromatic heterocycles. The highest BCUT2D eigenvalue weighted by molar-refractivity contribution is 5.91. The summed E-state index contributed by atoms with van der Waals surface area (Å²) in [5, 5.41) is 14.6. The van der Waals surface area contributed by atoms with Crippen LogP contribution in [0.1, 0.15) is 121 Å². The van der Waals surface area contributed by atoms with E-state index in [1.54, 1.807) is 7.11 Å². The number of anilines is 1. The van der Waals surface area contributed by atoms with Crippen LogP contribution in [0.25, 0.3) is 0 Å². The molecule has 3 atom stereocenters. The molecule has 3 unspecified atom stereocenters. The SMILES string of the molecule is CCC(CC)(CC)NC(=O)OCC1C2=CC(NC(=O)CCCC(=O)NCCC(C)N)=CCC2c2ccc(NC(=O)CCCC(=O)NCCOC)cc21. The fourth-order valence-electron chi connectivity index (χ4n) is 6.70. The molecule has 13 heteroatoms. The highest BCUT2D eigenvalue weighted by atomic mass is 16.5. The maximum atomic E-state index is 13.1. The van der Waals surface area contributed by atoms with Gasteiger partial charge >= 0.3 is 6.09 Å². The van der Waals surface area contributed by atoms with Gasteiger partial charge in [0, 0.05) is 80.7 Å². The van der Waals surface area contributed by atoms with Crippen molar-refractivity contribution in [2.24, 2.45) is 5.73 Å². The van der Waals surface area contributed by atoms with Gasteiger partial charge in [0.1, 0.15) is 6.61 Å². The topological polar surface area (TPSA) is 190 Å². The molecule has 0 heterocycles. The Morgan fingerprint density at radius 1 is 0.865 bits per heavy atom. The second-order valence-electron chi connectivity index (χ2n) is 13.8. The third-order valence-electron chi connectivity index (χ3n) is 10.0. The minimum Gasteiger partial charge on any atom is -0.449 e. The molecule has 3 rings (SSSR count). The molecule has 52 heavy (non-hydrogen) atoms. The molecule has 1 aromatic carbocycles. The summed E-state index contributed by atoms with van der Waals surface area (Å²) >= 11 is 0. The van der Waals surface area contributed by atoms with Crippen LogP contribution in [0.2, 0.25) is 0 Å². The predicted octanol–water partition coefficient (Wildman–Crippen LogP) is 4.79. The van der Waals surface area contributed by atoms with Crippen molar-refractivity contribution in [3.05, 3.63) is 52.7 Å². The number of alkyl carbamates (subject to hydrolysis) is 1. The van der Waals surface area contributed by atoms with E-state index in [0.717, 1.165) is 36.0 Å². The Hall–Kier alpha value is -4.23. The zero-order valence-corrected chi connectivity index (χ0v) is 31.7. The smallest absolute Gasteiger partial charge is 0.407 e. The van der Waals surface area contributed by atoms with Crippen molar-refractivity contribution < 1.29 is 33.4 Å². The number of hydrogen-bond donors (Lipinski definition) is 6. The van der Waals surface area contributed by atoms with Crippen LogP contribution < -0.4 is 32.3 Å². The van der Waals surface area contributed by atoms with E-state index in [4.69, 9.17) is 15.2 Å². The predicted molar refractivity (Wildman–Crippen MR) is 201 cm³/mol. The molecule has 5 amide bonds. The van der Waals surface area contributed by atoms with E-state index in [-0.39, 0.29) is 79.3 Å². The molecule has 7 N–H and O–H groups in total. The number of methoxy groups -OCH3 is 1. The molecular weight excluding hydrogens is 664 g/mol. The van der Waals surface area contributed by atoms with Crippen LogP contribution in [0.4, 0.5) is 10.5 Å². The van der Waals surface area contributed by atoms with E-state index in [9.17, 15) is 24.0 Å².